The Morgan fingerprint density at radius 1 is 0.773 bits per heavy atom. The van der Waals surface area contributed by atoms with Crippen LogP contribution in [0.5, 0.6) is 0 Å². The molecule has 116 valence electrons. The maximum absolute atomic E-state index is 12.8. The molecule has 2 nitrogen and oxygen atoms in total. The quantitative estimate of drug-likeness (QED) is 0.647. The molecule has 0 heterocycles. The molecule has 0 aromatic heterocycles. The molecule has 1 aromatic rings. The molecule has 2 heteroatoms. The van der Waals surface area contributed by atoms with Crippen molar-refractivity contribution in [3.05, 3.63) is 53.6 Å². The van der Waals surface area contributed by atoms with Gasteiger partial charge in [-0.3, -0.25) is 4.79 Å². The van der Waals surface area contributed by atoms with E-state index in [1.54, 1.807) is 0 Å². The smallest absolute Gasteiger partial charge is 0.186 e. The van der Waals surface area contributed by atoms with Crippen LogP contribution < -0.4 is 0 Å². The maximum Gasteiger partial charge on any atom is 0.186 e. The molecule has 0 aliphatic heterocycles. The zero-order valence-electron chi connectivity index (χ0n) is 14.4. The average Bonchev–Trinajstić information content (AvgIpc) is 2.39. The van der Waals surface area contributed by atoms with Gasteiger partial charge < -0.3 is 0 Å². The molecular formula is C20H25NO. The number of nitrogens with zero attached hydrogens (tertiary/aromatic N) is 1. The van der Waals surface area contributed by atoms with Crippen LogP contribution in [0.1, 0.15) is 41.5 Å². The minimum absolute atomic E-state index is 0.145. The van der Waals surface area contributed by atoms with E-state index in [0.29, 0.717) is 0 Å². The summed E-state index contributed by atoms with van der Waals surface area (Å²) in [6.07, 6.45) is 3.87. The molecule has 0 N–H and O–H groups in total. The summed E-state index contributed by atoms with van der Waals surface area (Å²) < 4.78 is 0. The Bertz CT molecular complexity index is 626. The molecule has 2 rings (SSSR count). The molecule has 0 radical (unpaired) electrons. The van der Waals surface area contributed by atoms with Gasteiger partial charge in [-0.15, -0.1) is 0 Å². The number of benzene rings is 1. The molecule has 0 fully saturated rings. The van der Waals surface area contributed by atoms with Gasteiger partial charge in [0.15, 0.2) is 5.78 Å². The van der Waals surface area contributed by atoms with Crippen LogP contribution in [-0.4, -0.2) is 11.5 Å². The van der Waals surface area contributed by atoms with Gasteiger partial charge in [-0.25, -0.2) is 4.99 Å². The Hall–Kier alpha value is -1.96. The fourth-order valence-corrected chi connectivity index (χ4v) is 2.44. The topological polar surface area (TPSA) is 29.4 Å². The van der Waals surface area contributed by atoms with Crippen LogP contribution in [0.2, 0.25) is 0 Å². The van der Waals surface area contributed by atoms with E-state index in [9.17, 15) is 4.79 Å². The zero-order valence-corrected chi connectivity index (χ0v) is 14.4. The highest BCUT2D eigenvalue weighted by atomic mass is 16.1. The third-order valence-corrected chi connectivity index (χ3v) is 3.70. The highest BCUT2D eigenvalue weighted by Gasteiger charge is 2.34. The van der Waals surface area contributed by atoms with E-state index in [0.717, 1.165) is 22.5 Å². The van der Waals surface area contributed by atoms with Crippen molar-refractivity contribution in [1.82, 2.24) is 0 Å². The number of hydrogen-bond acceptors (Lipinski definition) is 2. The highest BCUT2D eigenvalue weighted by molar-refractivity contribution is 6.23. The van der Waals surface area contributed by atoms with E-state index in [1.807, 2.05) is 42.5 Å². The largest absolute Gasteiger partial charge is 0.289 e. The monoisotopic (exact) mass is 295 g/mol. The number of aliphatic imine (C=N–C) groups is 1. The lowest BCUT2D eigenvalue weighted by Gasteiger charge is -2.31. The van der Waals surface area contributed by atoms with Crippen molar-refractivity contribution in [2.75, 3.05) is 0 Å². The molecule has 0 saturated heterocycles. The molecular weight excluding hydrogens is 270 g/mol. The Morgan fingerprint density at radius 3 is 1.64 bits per heavy atom. The summed E-state index contributed by atoms with van der Waals surface area (Å²) in [6, 6.07) is 9.85. The summed E-state index contributed by atoms with van der Waals surface area (Å²) in [5, 5.41) is 0. The van der Waals surface area contributed by atoms with Crippen LogP contribution in [0.15, 0.2) is 58.6 Å². The van der Waals surface area contributed by atoms with Gasteiger partial charge in [0.25, 0.3) is 0 Å². The van der Waals surface area contributed by atoms with Crippen LogP contribution in [0.4, 0.5) is 5.69 Å². The number of carbonyl (C=O) groups is 1. The lowest BCUT2D eigenvalue weighted by molar-refractivity contribution is -0.114. The lowest BCUT2D eigenvalue weighted by Crippen LogP contribution is -2.29. The normalized spacial score (nSPS) is 16.3. The van der Waals surface area contributed by atoms with Crippen molar-refractivity contribution in [2.45, 2.75) is 41.5 Å². The minimum Gasteiger partial charge on any atom is -0.289 e. The minimum atomic E-state index is -0.195. The first-order valence-electron chi connectivity index (χ1n) is 7.72. The molecule has 1 aliphatic rings. The predicted octanol–water partition coefficient (Wildman–Crippen LogP) is 5.29. The van der Waals surface area contributed by atoms with Crippen LogP contribution in [-0.2, 0) is 4.79 Å². The summed E-state index contributed by atoms with van der Waals surface area (Å²) in [4.78, 5) is 17.5. The third kappa shape index (κ3) is 3.62. The lowest BCUT2D eigenvalue weighted by atomic mass is 9.72. The molecule has 1 aromatic carbocycles. The molecule has 0 unspecified atom stereocenters. The van der Waals surface area contributed by atoms with Gasteiger partial charge in [0.2, 0.25) is 0 Å². The summed E-state index contributed by atoms with van der Waals surface area (Å²) in [6.45, 7) is 12.4. The fraction of sp³-hybridized carbons (Fsp3) is 0.400. The van der Waals surface area contributed by atoms with Gasteiger partial charge in [0.1, 0.15) is 0 Å². The van der Waals surface area contributed by atoms with Crippen molar-refractivity contribution in [1.29, 1.82) is 0 Å². The van der Waals surface area contributed by atoms with Crippen LogP contribution in [0.3, 0.4) is 0 Å². The Kier molecular flexibility index (Phi) is 4.23. The maximum atomic E-state index is 12.8. The SMILES string of the molecule is CC(C)(C)C1=CC(=Nc2ccccc2)C=C(C(C)(C)C)C1=O. The number of ketones is 1. The van der Waals surface area contributed by atoms with E-state index >= 15 is 0 Å². The molecule has 0 saturated carbocycles. The Morgan fingerprint density at radius 2 is 1.23 bits per heavy atom. The molecule has 0 bridgehead atoms. The predicted molar refractivity (Wildman–Crippen MR) is 93.6 cm³/mol. The second kappa shape index (κ2) is 5.68. The van der Waals surface area contributed by atoms with Gasteiger partial charge in [-0.2, -0.15) is 0 Å². The standard InChI is InChI=1S/C20H25NO/c1-19(2,3)16-12-15(21-14-10-8-7-9-11-14)13-17(18(16)22)20(4,5)6/h7-13H,1-6H3. The second-order valence-corrected chi connectivity index (χ2v) is 7.82. The number of rotatable bonds is 1. The summed E-state index contributed by atoms with van der Waals surface area (Å²) in [7, 11) is 0. The first-order chi connectivity index (χ1) is 10.1. The molecule has 22 heavy (non-hydrogen) atoms. The van der Waals surface area contributed by atoms with E-state index < -0.39 is 0 Å². The van der Waals surface area contributed by atoms with Crippen molar-refractivity contribution < 1.29 is 4.79 Å². The second-order valence-electron chi connectivity index (χ2n) is 7.82. The average molecular weight is 295 g/mol. The highest BCUT2D eigenvalue weighted by Crippen LogP contribution is 2.37. The van der Waals surface area contributed by atoms with Crippen molar-refractivity contribution in [3.8, 4) is 0 Å². The molecule has 0 amide bonds. The number of carbonyl (C=O) groups excluding carboxylic acids is 1. The van der Waals surface area contributed by atoms with Crippen LogP contribution >= 0.6 is 0 Å². The van der Waals surface area contributed by atoms with E-state index in [1.165, 1.54) is 0 Å². The number of hydrogen-bond donors (Lipinski definition) is 0. The van der Waals surface area contributed by atoms with E-state index in [2.05, 4.69) is 41.5 Å². The summed E-state index contributed by atoms with van der Waals surface area (Å²) >= 11 is 0. The first kappa shape index (κ1) is 16.4. The van der Waals surface area contributed by atoms with E-state index in [-0.39, 0.29) is 16.6 Å². The van der Waals surface area contributed by atoms with Crippen LogP contribution in [0.25, 0.3) is 0 Å². The molecule has 1 aliphatic carbocycles. The van der Waals surface area contributed by atoms with Crippen molar-refractivity contribution >= 4 is 17.2 Å². The van der Waals surface area contributed by atoms with Crippen molar-refractivity contribution in [3.63, 3.8) is 0 Å². The van der Waals surface area contributed by atoms with Gasteiger partial charge >= 0.3 is 0 Å². The zero-order chi connectivity index (χ0) is 16.5. The van der Waals surface area contributed by atoms with Gasteiger partial charge in [-0.1, -0.05) is 59.7 Å². The fourth-order valence-electron chi connectivity index (χ4n) is 2.44. The third-order valence-electron chi connectivity index (χ3n) is 3.70. The van der Waals surface area contributed by atoms with Crippen LogP contribution in [0, 0.1) is 10.8 Å². The van der Waals surface area contributed by atoms with Gasteiger partial charge in [-0.05, 0) is 35.1 Å². The van der Waals surface area contributed by atoms with E-state index in [4.69, 9.17) is 4.99 Å². The van der Waals surface area contributed by atoms with Crippen molar-refractivity contribution in [2.24, 2.45) is 15.8 Å². The summed E-state index contributed by atoms with van der Waals surface area (Å²) in [5.74, 6) is 0.145. The van der Waals surface area contributed by atoms with Gasteiger partial charge in [0.05, 0.1) is 11.4 Å². The van der Waals surface area contributed by atoms with Gasteiger partial charge in [0, 0.05) is 11.1 Å². The Labute approximate surface area is 133 Å². The number of allylic oxidation sites excluding steroid dienone is 4. The Balaban J connectivity index is 2.56. The summed E-state index contributed by atoms with van der Waals surface area (Å²) in [5.41, 5.74) is 3.02. The molecule has 0 spiro atoms. The molecule has 0 atom stereocenters. The number of para-hydroxylation sites is 1. The number of Topliss-reactive ketones (excluding diaryl/α,β-unsaturated/α-hetero) is 1. The first-order valence-corrected chi connectivity index (χ1v) is 7.72.